The maximum absolute atomic E-state index is 14.1. The van der Waals surface area contributed by atoms with Gasteiger partial charge in [-0.2, -0.15) is 0 Å². The molecule has 3 rings (SSSR count). The van der Waals surface area contributed by atoms with Crippen LogP contribution in [-0.2, 0) is 24.8 Å². The summed E-state index contributed by atoms with van der Waals surface area (Å²) >= 11 is 0. The second kappa shape index (κ2) is 10.1. The highest BCUT2D eigenvalue weighted by Gasteiger charge is 2.23. The molecule has 0 saturated heterocycles. The lowest BCUT2D eigenvalue weighted by atomic mass is 10.3. The molecule has 0 aliphatic heterocycles. The van der Waals surface area contributed by atoms with Crippen LogP contribution in [0.1, 0.15) is 0 Å². The Bertz CT molecular complexity index is 1380. The van der Waals surface area contributed by atoms with Crippen LogP contribution in [0.3, 0.4) is 0 Å². The summed E-state index contributed by atoms with van der Waals surface area (Å²) in [6.07, 6.45) is 0.863. The Hall–Kier alpha value is -3.64. The fraction of sp³-hybridized carbons (Fsp3) is 0.136. The summed E-state index contributed by atoms with van der Waals surface area (Å²) < 4.78 is 71.6. The highest BCUT2D eigenvalue weighted by atomic mass is 32.2. The van der Waals surface area contributed by atoms with Crippen LogP contribution in [0.15, 0.2) is 77.7 Å². The summed E-state index contributed by atoms with van der Waals surface area (Å²) in [5, 5.41) is 2.48. The summed E-state index contributed by atoms with van der Waals surface area (Å²) in [6, 6.07) is 16.8. The average Bonchev–Trinajstić information content (AvgIpc) is 2.78. The molecule has 0 unspecified atom stereocenters. The first-order chi connectivity index (χ1) is 16.0. The largest absolute Gasteiger partial charge is 0.497 e. The van der Waals surface area contributed by atoms with Crippen molar-refractivity contribution in [2.24, 2.45) is 0 Å². The third kappa shape index (κ3) is 6.23. The first kappa shape index (κ1) is 25.0. The topological polar surface area (TPSA) is 122 Å². The van der Waals surface area contributed by atoms with Crippen LogP contribution in [0.2, 0.25) is 0 Å². The lowest BCUT2D eigenvalue weighted by Crippen LogP contribution is -2.38. The Morgan fingerprint density at radius 1 is 0.912 bits per heavy atom. The first-order valence-corrected chi connectivity index (χ1v) is 13.1. The van der Waals surface area contributed by atoms with Gasteiger partial charge in [0.15, 0.2) is 0 Å². The minimum absolute atomic E-state index is 0.0505. The molecular weight excluding hydrogens is 485 g/mol. The Balaban J connectivity index is 1.70. The molecule has 1 amide bonds. The van der Waals surface area contributed by atoms with Gasteiger partial charge in [0.05, 0.1) is 23.9 Å². The number of para-hydroxylation sites is 1. The van der Waals surface area contributed by atoms with Gasteiger partial charge in [-0.15, -0.1) is 0 Å². The number of rotatable bonds is 9. The van der Waals surface area contributed by atoms with Crippen LogP contribution < -0.4 is 19.1 Å². The highest BCUT2D eigenvalue weighted by molar-refractivity contribution is 7.92. The van der Waals surface area contributed by atoms with Crippen molar-refractivity contribution in [2.75, 3.05) is 34.3 Å². The van der Waals surface area contributed by atoms with Crippen LogP contribution in [0.5, 0.6) is 5.75 Å². The molecule has 180 valence electrons. The minimum Gasteiger partial charge on any atom is -0.497 e. The molecule has 0 aromatic heterocycles. The van der Waals surface area contributed by atoms with Gasteiger partial charge in [0.1, 0.15) is 18.1 Å². The lowest BCUT2D eigenvalue weighted by molar-refractivity contribution is -0.114. The molecule has 0 spiro atoms. The van der Waals surface area contributed by atoms with E-state index in [2.05, 4.69) is 10.0 Å². The molecule has 0 saturated carbocycles. The Morgan fingerprint density at radius 3 is 2.06 bits per heavy atom. The van der Waals surface area contributed by atoms with Gasteiger partial charge in [-0.3, -0.25) is 13.8 Å². The molecule has 12 heteroatoms. The molecule has 3 aromatic rings. The summed E-state index contributed by atoms with van der Waals surface area (Å²) in [5.41, 5.74) is 0.314. The second-order valence-corrected chi connectivity index (χ2v) is 10.7. The maximum atomic E-state index is 14.1. The van der Waals surface area contributed by atoms with Gasteiger partial charge in [-0.05, 0) is 60.7 Å². The molecule has 3 aromatic carbocycles. The second-order valence-electron chi connectivity index (χ2n) is 7.13. The number of sulfonamides is 2. The number of benzene rings is 3. The van der Waals surface area contributed by atoms with Crippen molar-refractivity contribution in [3.05, 3.63) is 78.6 Å². The number of halogens is 1. The van der Waals surface area contributed by atoms with Crippen LogP contribution in [0.25, 0.3) is 0 Å². The lowest BCUT2D eigenvalue weighted by Gasteiger charge is -2.22. The number of methoxy groups -OCH3 is 1. The number of hydrogen-bond acceptors (Lipinski definition) is 6. The fourth-order valence-electron chi connectivity index (χ4n) is 2.96. The number of ether oxygens (including phenoxy) is 1. The van der Waals surface area contributed by atoms with Gasteiger partial charge in [-0.25, -0.2) is 21.2 Å². The van der Waals surface area contributed by atoms with Crippen LogP contribution >= 0.6 is 0 Å². The molecule has 34 heavy (non-hydrogen) atoms. The standard InChI is InChI=1S/C22H22FN3O6S2/c1-32-18-11-7-17(8-12-18)25-34(30,31)19-13-9-16(10-14-19)24-22(27)15-26(33(2,28)29)21-6-4-3-5-20(21)23/h3-14,25H,15H2,1-2H3,(H,24,27). The van der Waals surface area contributed by atoms with E-state index in [0.29, 0.717) is 15.7 Å². The summed E-state index contributed by atoms with van der Waals surface area (Å²) in [6.45, 7) is -0.668. The van der Waals surface area contributed by atoms with E-state index in [4.69, 9.17) is 4.74 Å². The number of carbonyl (C=O) groups excluding carboxylic acids is 1. The zero-order chi connectivity index (χ0) is 24.9. The third-order valence-corrected chi connectivity index (χ3v) is 7.12. The zero-order valence-corrected chi connectivity index (χ0v) is 19.9. The van der Waals surface area contributed by atoms with Crippen molar-refractivity contribution >= 4 is 43.0 Å². The van der Waals surface area contributed by atoms with Crippen LogP contribution in [-0.4, -0.2) is 42.7 Å². The van der Waals surface area contributed by atoms with Crippen molar-refractivity contribution in [1.29, 1.82) is 0 Å². The molecule has 0 atom stereocenters. The Morgan fingerprint density at radius 2 is 1.50 bits per heavy atom. The summed E-state index contributed by atoms with van der Waals surface area (Å²) in [7, 11) is -6.34. The van der Waals surface area contributed by atoms with Crippen molar-refractivity contribution in [1.82, 2.24) is 0 Å². The number of hydrogen-bond donors (Lipinski definition) is 2. The van der Waals surface area contributed by atoms with Crippen molar-refractivity contribution in [2.45, 2.75) is 4.90 Å². The molecule has 0 radical (unpaired) electrons. The van der Waals surface area contributed by atoms with E-state index in [1.54, 1.807) is 24.3 Å². The van der Waals surface area contributed by atoms with E-state index in [9.17, 15) is 26.0 Å². The normalized spacial score (nSPS) is 11.5. The molecule has 0 heterocycles. The molecule has 9 nitrogen and oxygen atoms in total. The number of carbonyl (C=O) groups is 1. The number of nitrogens with zero attached hydrogens (tertiary/aromatic N) is 1. The zero-order valence-electron chi connectivity index (χ0n) is 18.2. The van der Waals surface area contributed by atoms with E-state index in [0.717, 1.165) is 12.3 Å². The van der Waals surface area contributed by atoms with E-state index < -0.39 is 38.3 Å². The molecular formula is C22H22FN3O6S2. The van der Waals surface area contributed by atoms with E-state index in [-0.39, 0.29) is 16.3 Å². The van der Waals surface area contributed by atoms with Gasteiger partial charge in [-0.1, -0.05) is 12.1 Å². The molecule has 0 fully saturated rings. The quantitative estimate of drug-likeness (QED) is 0.459. The van der Waals surface area contributed by atoms with Crippen LogP contribution in [0, 0.1) is 5.82 Å². The van der Waals surface area contributed by atoms with Crippen molar-refractivity contribution < 1.29 is 30.8 Å². The van der Waals surface area contributed by atoms with E-state index in [1.807, 2.05) is 0 Å². The Labute approximate surface area is 197 Å². The monoisotopic (exact) mass is 507 g/mol. The predicted molar refractivity (Wildman–Crippen MR) is 127 cm³/mol. The predicted octanol–water partition coefficient (Wildman–Crippen LogP) is 3.04. The number of amides is 1. The maximum Gasteiger partial charge on any atom is 0.261 e. The van der Waals surface area contributed by atoms with Gasteiger partial charge in [0.2, 0.25) is 15.9 Å². The molecule has 0 bridgehead atoms. The van der Waals surface area contributed by atoms with Gasteiger partial charge in [0.25, 0.3) is 10.0 Å². The highest BCUT2D eigenvalue weighted by Crippen LogP contribution is 2.23. The number of anilines is 3. The summed E-state index contributed by atoms with van der Waals surface area (Å²) in [4.78, 5) is 12.4. The SMILES string of the molecule is COc1ccc(NS(=O)(=O)c2ccc(NC(=O)CN(c3ccccc3F)S(C)(=O)=O)cc2)cc1. The molecule has 2 N–H and O–H groups in total. The summed E-state index contributed by atoms with van der Waals surface area (Å²) in [5.74, 6) is -0.951. The Kier molecular flexibility index (Phi) is 7.42. The first-order valence-electron chi connectivity index (χ1n) is 9.78. The molecule has 0 aliphatic carbocycles. The van der Waals surface area contributed by atoms with Gasteiger partial charge >= 0.3 is 0 Å². The van der Waals surface area contributed by atoms with Crippen molar-refractivity contribution in [3.63, 3.8) is 0 Å². The van der Waals surface area contributed by atoms with Crippen molar-refractivity contribution in [3.8, 4) is 5.75 Å². The number of nitrogens with one attached hydrogen (secondary N) is 2. The van der Waals surface area contributed by atoms with Gasteiger partial charge < -0.3 is 10.1 Å². The minimum atomic E-state index is -3.95. The molecule has 0 aliphatic rings. The van der Waals surface area contributed by atoms with Gasteiger partial charge in [0, 0.05) is 11.4 Å². The average molecular weight is 508 g/mol. The fourth-order valence-corrected chi connectivity index (χ4v) is 4.87. The van der Waals surface area contributed by atoms with E-state index >= 15 is 0 Å². The van der Waals surface area contributed by atoms with Crippen LogP contribution in [0.4, 0.5) is 21.5 Å². The van der Waals surface area contributed by atoms with E-state index in [1.165, 1.54) is 49.6 Å². The smallest absolute Gasteiger partial charge is 0.261 e. The third-order valence-electron chi connectivity index (χ3n) is 4.60.